The fourth-order valence-electron chi connectivity index (χ4n) is 5.91. The number of rotatable bonds is 13. The monoisotopic (exact) mass is 807 g/mol. The molecule has 0 aliphatic carbocycles. The second-order valence-electron chi connectivity index (χ2n) is 11.5. The number of aryl methyl sites for hydroxylation is 2. The summed E-state index contributed by atoms with van der Waals surface area (Å²) in [6.45, 7) is 7.11. The standard InChI is InChI=1S/C20H23Br2N5O2.C12H17ClN4O2/c1-12-8-17-18(24-25-27(17)15(11-29-3)5-7-28-2)20(23-12)26-6-4-13-9-14(21)10-16(22)19(13)26;1-8-6-10-11(12(13)14-8)15-16-17(10)9(7-19-3)4-5-18-2/h8-10,15H,4-7,11H2,1-3H3;6,9H,4-5,7H2,1-3H3/t15-;9-/m00/s1. The molecule has 0 fully saturated rings. The maximum Gasteiger partial charge on any atom is 0.163 e. The third-order valence-corrected chi connectivity index (χ3v) is 9.40. The van der Waals surface area contributed by atoms with Crippen LogP contribution in [0.2, 0.25) is 5.15 Å². The third kappa shape index (κ3) is 7.98. The van der Waals surface area contributed by atoms with E-state index in [1.54, 1.807) is 28.4 Å². The number of benzene rings is 1. The van der Waals surface area contributed by atoms with Gasteiger partial charge >= 0.3 is 0 Å². The van der Waals surface area contributed by atoms with Crippen LogP contribution < -0.4 is 4.90 Å². The Kier molecular flexibility index (Phi) is 12.7. The molecule has 4 aromatic heterocycles. The Morgan fingerprint density at radius 3 is 1.92 bits per heavy atom. The number of hydrogen-bond acceptors (Lipinski definition) is 11. The van der Waals surface area contributed by atoms with Crippen LogP contribution in [-0.4, -0.2) is 101 Å². The largest absolute Gasteiger partial charge is 0.385 e. The van der Waals surface area contributed by atoms with Crippen molar-refractivity contribution in [2.75, 3.05) is 66.3 Å². The van der Waals surface area contributed by atoms with Gasteiger partial charge in [0.05, 0.1) is 42.0 Å². The predicted octanol–water partition coefficient (Wildman–Crippen LogP) is 6.59. The first-order valence-electron chi connectivity index (χ1n) is 15.5. The molecule has 0 unspecified atom stereocenters. The molecule has 13 nitrogen and oxygen atoms in total. The van der Waals surface area contributed by atoms with Gasteiger partial charge in [-0.3, -0.25) is 0 Å². The number of halogens is 3. The lowest BCUT2D eigenvalue weighted by atomic mass is 10.2. The minimum absolute atomic E-state index is 0.0492. The highest BCUT2D eigenvalue weighted by Gasteiger charge is 2.28. The first-order valence-corrected chi connectivity index (χ1v) is 17.5. The second kappa shape index (κ2) is 16.7. The van der Waals surface area contributed by atoms with E-state index in [4.69, 9.17) is 35.5 Å². The number of methoxy groups -OCH3 is 4. The molecule has 1 aliphatic heterocycles. The average molecular weight is 810 g/mol. The van der Waals surface area contributed by atoms with Crippen molar-refractivity contribution in [2.45, 2.75) is 45.2 Å². The molecule has 6 rings (SSSR count). The van der Waals surface area contributed by atoms with Gasteiger partial charge in [0.15, 0.2) is 16.5 Å². The number of fused-ring (bicyclic) bond motifs is 3. The van der Waals surface area contributed by atoms with Gasteiger partial charge < -0.3 is 23.8 Å². The fourth-order valence-corrected chi connectivity index (χ4v) is 7.70. The number of nitrogens with zero attached hydrogens (tertiary/aromatic N) is 9. The van der Waals surface area contributed by atoms with Gasteiger partial charge in [0, 0.05) is 68.5 Å². The van der Waals surface area contributed by atoms with Gasteiger partial charge in [-0.1, -0.05) is 38.0 Å². The van der Waals surface area contributed by atoms with Crippen molar-refractivity contribution in [3.05, 3.63) is 55.3 Å². The van der Waals surface area contributed by atoms with Gasteiger partial charge in [0.1, 0.15) is 5.52 Å². The van der Waals surface area contributed by atoms with Gasteiger partial charge in [-0.2, -0.15) is 0 Å². The van der Waals surface area contributed by atoms with Gasteiger partial charge in [0.25, 0.3) is 0 Å². The zero-order chi connectivity index (χ0) is 34.4. The third-order valence-electron chi connectivity index (χ3n) is 8.07. The molecule has 5 heterocycles. The molecule has 1 aromatic carbocycles. The van der Waals surface area contributed by atoms with Crippen molar-refractivity contribution < 1.29 is 18.9 Å². The van der Waals surface area contributed by atoms with E-state index >= 15 is 0 Å². The predicted molar refractivity (Wildman–Crippen MR) is 192 cm³/mol. The molecule has 0 N–H and O–H groups in total. The lowest BCUT2D eigenvalue weighted by Crippen LogP contribution is -2.19. The molecule has 0 spiro atoms. The van der Waals surface area contributed by atoms with E-state index in [-0.39, 0.29) is 12.1 Å². The highest BCUT2D eigenvalue weighted by molar-refractivity contribution is 9.11. The van der Waals surface area contributed by atoms with Crippen LogP contribution in [0.15, 0.2) is 33.2 Å². The number of anilines is 2. The van der Waals surface area contributed by atoms with Crippen LogP contribution in [0.3, 0.4) is 0 Å². The Morgan fingerprint density at radius 2 is 1.33 bits per heavy atom. The minimum atomic E-state index is 0.0492. The number of aromatic nitrogens is 8. The molecule has 0 saturated carbocycles. The summed E-state index contributed by atoms with van der Waals surface area (Å²) in [6.07, 6.45) is 2.55. The van der Waals surface area contributed by atoms with Crippen LogP contribution in [0.1, 0.15) is 41.9 Å². The van der Waals surface area contributed by atoms with E-state index in [1.165, 1.54) is 5.56 Å². The van der Waals surface area contributed by atoms with E-state index in [0.717, 1.165) is 74.2 Å². The summed E-state index contributed by atoms with van der Waals surface area (Å²) in [5, 5.41) is 17.6. The van der Waals surface area contributed by atoms with E-state index in [0.29, 0.717) is 37.1 Å². The molecule has 258 valence electrons. The molecule has 2 atom stereocenters. The van der Waals surface area contributed by atoms with Crippen molar-refractivity contribution in [3.8, 4) is 0 Å². The summed E-state index contributed by atoms with van der Waals surface area (Å²) in [4.78, 5) is 11.3. The number of hydrogen-bond donors (Lipinski definition) is 0. The van der Waals surface area contributed by atoms with Crippen LogP contribution >= 0.6 is 43.5 Å². The molecular formula is C32H40Br2ClN9O4. The van der Waals surface area contributed by atoms with Crippen LogP contribution in [0, 0.1) is 13.8 Å². The molecule has 0 bridgehead atoms. The molecule has 48 heavy (non-hydrogen) atoms. The molecule has 16 heteroatoms. The smallest absolute Gasteiger partial charge is 0.163 e. The van der Waals surface area contributed by atoms with Crippen molar-refractivity contribution >= 4 is 77.0 Å². The van der Waals surface area contributed by atoms with Crippen molar-refractivity contribution in [2.24, 2.45) is 0 Å². The van der Waals surface area contributed by atoms with Gasteiger partial charge in [-0.05, 0) is 78.9 Å². The van der Waals surface area contributed by atoms with Crippen molar-refractivity contribution in [1.29, 1.82) is 0 Å². The zero-order valence-corrected chi connectivity index (χ0v) is 31.8. The Hall–Kier alpha value is -2.79. The fraction of sp³-hybridized carbons (Fsp3) is 0.500. The summed E-state index contributed by atoms with van der Waals surface area (Å²) >= 11 is 13.4. The Labute approximate surface area is 301 Å². The summed E-state index contributed by atoms with van der Waals surface area (Å²) in [5.74, 6) is 0.843. The van der Waals surface area contributed by atoms with Crippen LogP contribution in [0.5, 0.6) is 0 Å². The SMILES string of the molecule is COCC[C@@H](COC)n1nnc2c(Cl)nc(C)cc21.COCC[C@@H](COC)n1nnc2c(N3CCc4cc(Br)cc(Br)c43)nc(C)cc21. The lowest BCUT2D eigenvalue weighted by Gasteiger charge is -2.21. The van der Waals surface area contributed by atoms with Crippen molar-refractivity contribution in [1.82, 2.24) is 40.0 Å². The quantitative estimate of drug-likeness (QED) is 0.120. The Balaban J connectivity index is 0.000000206. The summed E-state index contributed by atoms with van der Waals surface area (Å²) in [6, 6.07) is 8.32. The van der Waals surface area contributed by atoms with Crippen molar-refractivity contribution in [3.63, 3.8) is 0 Å². The molecule has 1 aliphatic rings. The van der Waals surface area contributed by atoms with E-state index in [1.807, 2.05) is 35.3 Å². The van der Waals surface area contributed by atoms with Gasteiger partial charge in [-0.25, -0.2) is 19.3 Å². The maximum atomic E-state index is 6.08. The normalized spacial score (nSPS) is 14.0. The minimum Gasteiger partial charge on any atom is -0.385 e. The molecule has 0 amide bonds. The zero-order valence-electron chi connectivity index (χ0n) is 27.9. The van der Waals surface area contributed by atoms with E-state index in [2.05, 4.69) is 74.5 Å². The molecule has 0 radical (unpaired) electrons. The van der Waals surface area contributed by atoms with Crippen LogP contribution in [0.25, 0.3) is 22.1 Å². The van der Waals surface area contributed by atoms with Gasteiger partial charge in [0.2, 0.25) is 0 Å². The Morgan fingerprint density at radius 1 is 0.771 bits per heavy atom. The topological polar surface area (TPSA) is 127 Å². The maximum absolute atomic E-state index is 6.08. The summed E-state index contributed by atoms with van der Waals surface area (Å²) in [5.41, 5.74) is 7.46. The molecule has 5 aromatic rings. The lowest BCUT2D eigenvalue weighted by molar-refractivity contribution is 0.117. The highest BCUT2D eigenvalue weighted by Crippen LogP contribution is 2.43. The first-order chi connectivity index (χ1) is 23.2. The average Bonchev–Trinajstić information content (AvgIpc) is 3.78. The van der Waals surface area contributed by atoms with Crippen LogP contribution in [-0.2, 0) is 25.4 Å². The second-order valence-corrected chi connectivity index (χ2v) is 13.7. The summed E-state index contributed by atoms with van der Waals surface area (Å²) in [7, 11) is 6.75. The first kappa shape index (κ1) is 36.5. The van der Waals surface area contributed by atoms with Crippen LogP contribution in [0.4, 0.5) is 11.5 Å². The summed E-state index contributed by atoms with van der Waals surface area (Å²) < 4.78 is 27.0. The molecule has 0 saturated heterocycles. The highest BCUT2D eigenvalue weighted by atomic mass is 79.9. The Bertz CT molecular complexity index is 1850. The van der Waals surface area contributed by atoms with E-state index in [9.17, 15) is 0 Å². The van der Waals surface area contributed by atoms with Gasteiger partial charge in [-0.15, -0.1) is 10.2 Å². The van der Waals surface area contributed by atoms with E-state index < -0.39 is 0 Å². The number of ether oxygens (including phenoxy) is 4. The number of pyridine rings is 2. The molecular weight excluding hydrogens is 770 g/mol.